The van der Waals surface area contributed by atoms with Crippen LogP contribution in [0.25, 0.3) is 0 Å². The molecule has 2 aromatic rings. The number of guanidine groups is 1. The fourth-order valence-electron chi connectivity index (χ4n) is 1.97. The molecule has 0 fully saturated rings. The van der Waals surface area contributed by atoms with Gasteiger partial charge in [-0.05, 0) is 24.1 Å². The van der Waals surface area contributed by atoms with E-state index in [1.807, 2.05) is 18.2 Å². The number of carbonyl (C=O) groups is 1. The highest BCUT2D eigenvalue weighted by atomic mass is 16.3. The number of amides is 1. The van der Waals surface area contributed by atoms with Crippen LogP contribution in [0.3, 0.4) is 0 Å². The molecule has 0 bridgehead atoms. The maximum absolute atomic E-state index is 11.0. The summed E-state index contributed by atoms with van der Waals surface area (Å²) >= 11 is 0. The third-order valence-electron chi connectivity index (χ3n) is 3.11. The lowest BCUT2D eigenvalue weighted by atomic mass is 10.1. The molecule has 1 aromatic heterocycles. The van der Waals surface area contributed by atoms with Crippen LogP contribution in [-0.2, 0) is 13.0 Å². The second-order valence-corrected chi connectivity index (χ2v) is 4.72. The van der Waals surface area contributed by atoms with E-state index in [0.29, 0.717) is 18.3 Å². The van der Waals surface area contributed by atoms with Gasteiger partial charge in [-0.25, -0.2) is 0 Å². The first-order chi connectivity index (χ1) is 10.7. The largest absolute Gasteiger partial charge is 0.454 e. The van der Waals surface area contributed by atoms with E-state index >= 15 is 0 Å². The standard InChI is InChI=1S/C16H20N4O2/c1-18-16(19-10-9-12-5-3-2-4-6-12)20-11-13-7-8-14(22-13)15(17)21/h2-8H,9-11H2,1H3,(H2,17,21)(H2,18,19,20). The van der Waals surface area contributed by atoms with E-state index in [1.54, 1.807) is 19.2 Å². The molecule has 0 atom stereocenters. The van der Waals surface area contributed by atoms with E-state index in [1.165, 1.54) is 5.56 Å². The van der Waals surface area contributed by atoms with Crippen molar-refractivity contribution >= 4 is 11.9 Å². The molecule has 22 heavy (non-hydrogen) atoms. The highest BCUT2D eigenvalue weighted by molar-refractivity contribution is 5.89. The number of carbonyl (C=O) groups excluding carboxylic acids is 1. The number of hydrogen-bond donors (Lipinski definition) is 3. The van der Waals surface area contributed by atoms with E-state index in [2.05, 4.69) is 27.8 Å². The van der Waals surface area contributed by atoms with Crippen molar-refractivity contribution in [3.63, 3.8) is 0 Å². The van der Waals surface area contributed by atoms with Crippen LogP contribution in [0, 0.1) is 0 Å². The molecule has 0 saturated carbocycles. The number of nitrogens with one attached hydrogen (secondary N) is 2. The lowest BCUT2D eigenvalue weighted by molar-refractivity contribution is 0.0972. The van der Waals surface area contributed by atoms with Crippen molar-refractivity contribution in [1.29, 1.82) is 0 Å². The van der Waals surface area contributed by atoms with Crippen LogP contribution in [0.5, 0.6) is 0 Å². The molecule has 1 aromatic carbocycles. The first-order valence-electron chi connectivity index (χ1n) is 7.06. The Morgan fingerprint density at radius 2 is 1.95 bits per heavy atom. The SMILES string of the molecule is CN=C(NCCc1ccccc1)NCc1ccc(C(N)=O)o1. The van der Waals surface area contributed by atoms with Gasteiger partial charge >= 0.3 is 0 Å². The molecule has 1 heterocycles. The number of nitrogens with zero attached hydrogens (tertiary/aromatic N) is 1. The number of aliphatic imine (C=N–C) groups is 1. The van der Waals surface area contributed by atoms with Crippen molar-refractivity contribution in [1.82, 2.24) is 10.6 Å². The van der Waals surface area contributed by atoms with E-state index < -0.39 is 5.91 Å². The molecule has 0 radical (unpaired) electrons. The van der Waals surface area contributed by atoms with Gasteiger partial charge in [-0.1, -0.05) is 30.3 Å². The van der Waals surface area contributed by atoms with Crippen LogP contribution in [0.1, 0.15) is 21.9 Å². The molecule has 4 N–H and O–H groups in total. The van der Waals surface area contributed by atoms with Gasteiger partial charge in [0.1, 0.15) is 5.76 Å². The third-order valence-corrected chi connectivity index (χ3v) is 3.11. The lowest BCUT2D eigenvalue weighted by Crippen LogP contribution is -2.37. The Balaban J connectivity index is 1.76. The summed E-state index contributed by atoms with van der Waals surface area (Å²) in [5.41, 5.74) is 6.41. The molecule has 0 aliphatic heterocycles. The smallest absolute Gasteiger partial charge is 0.284 e. The van der Waals surface area contributed by atoms with Crippen molar-refractivity contribution in [3.05, 3.63) is 59.5 Å². The molecule has 0 unspecified atom stereocenters. The van der Waals surface area contributed by atoms with Gasteiger partial charge in [-0.15, -0.1) is 0 Å². The molecule has 116 valence electrons. The van der Waals surface area contributed by atoms with Crippen molar-refractivity contribution < 1.29 is 9.21 Å². The van der Waals surface area contributed by atoms with Gasteiger partial charge in [0, 0.05) is 13.6 Å². The van der Waals surface area contributed by atoms with E-state index in [4.69, 9.17) is 10.2 Å². The summed E-state index contributed by atoms with van der Waals surface area (Å²) in [4.78, 5) is 15.1. The molecule has 0 aliphatic carbocycles. The molecule has 6 heteroatoms. The quantitative estimate of drug-likeness (QED) is 0.553. The molecular weight excluding hydrogens is 280 g/mol. The Morgan fingerprint density at radius 1 is 1.18 bits per heavy atom. The average molecular weight is 300 g/mol. The predicted octanol–water partition coefficient (Wildman–Crippen LogP) is 1.29. The summed E-state index contributed by atoms with van der Waals surface area (Å²) in [6, 6.07) is 13.5. The monoisotopic (exact) mass is 300 g/mol. The first kappa shape index (κ1) is 15.6. The average Bonchev–Trinajstić information content (AvgIpc) is 3.01. The van der Waals surface area contributed by atoms with Crippen LogP contribution < -0.4 is 16.4 Å². The zero-order valence-corrected chi connectivity index (χ0v) is 12.5. The number of furan rings is 1. The zero-order chi connectivity index (χ0) is 15.8. The number of hydrogen-bond acceptors (Lipinski definition) is 3. The van der Waals surface area contributed by atoms with Crippen molar-refractivity contribution in [2.75, 3.05) is 13.6 Å². The van der Waals surface area contributed by atoms with Crippen LogP contribution in [-0.4, -0.2) is 25.5 Å². The van der Waals surface area contributed by atoms with Gasteiger partial charge in [-0.3, -0.25) is 9.79 Å². The predicted molar refractivity (Wildman–Crippen MR) is 85.6 cm³/mol. The summed E-state index contributed by atoms with van der Waals surface area (Å²) in [6.07, 6.45) is 0.911. The Morgan fingerprint density at radius 3 is 2.59 bits per heavy atom. The van der Waals surface area contributed by atoms with E-state index in [0.717, 1.165) is 13.0 Å². The number of nitrogens with two attached hydrogens (primary N) is 1. The molecule has 2 rings (SSSR count). The van der Waals surface area contributed by atoms with Gasteiger partial charge in [-0.2, -0.15) is 0 Å². The second kappa shape index (κ2) is 7.87. The molecule has 0 saturated heterocycles. The maximum Gasteiger partial charge on any atom is 0.284 e. The minimum absolute atomic E-state index is 0.156. The van der Waals surface area contributed by atoms with Gasteiger partial charge in [0.25, 0.3) is 5.91 Å². The number of benzene rings is 1. The van der Waals surface area contributed by atoms with Crippen molar-refractivity contribution in [2.45, 2.75) is 13.0 Å². The van der Waals surface area contributed by atoms with Crippen LogP contribution in [0.2, 0.25) is 0 Å². The van der Waals surface area contributed by atoms with Gasteiger partial charge in [0.2, 0.25) is 0 Å². The fourth-order valence-corrected chi connectivity index (χ4v) is 1.97. The topological polar surface area (TPSA) is 92.6 Å². The fraction of sp³-hybridized carbons (Fsp3) is 0.250. The Kier molecular flexibility index (Phi) is 5.59. The summed E-state index contributed by atoms with van der Waals surface area (Å²) in [5, 5.41) is 6.34. The van der Waals surface area contributed by atoms with Crippen LogP contribution in [0.15, 0.2) is 51.9 Å². The van der Waals surface area contributed by atoms with Gasteiger partial charge < -0.3 is 20.8 Å². The van der Waals surface area contributed by atoms with Gasteiger partial charge in [0.15, 0.2) is 11.7 Å². The lowest BCUT2D eigenvalue weighted by Gasteiger charge is -2.10. The molecule has 0 aliphatic rings. The molecule has 0 spiro atoms. The molecule has 1 amide bonds. The second-order valence-electron chi connectivity index (χ2n) is 4.72. The highest BCUT2D eigenvalue weighted by Gasteiger charge is 2.07. The Bertz CT molecular complexity index is 635. The summed E-state index contributed by atoms with van der Waals surface area (Å²) in [7, 11) is 1.70. The minimum atomic E-state index is -0.573. The zero-order valence-electron chi connectivity index (χ0n) is 12.5. The summed E-state index contributed by atoms with van der Waals surface area (Å²) in [6.45, 7) is 1.20. The van der Waals surface area contributed by atoms with Gasteiger partial charge in [0.05, 0.1) is 6.54 Å². The highest BCUT2D eigenvalue weighted by Crippen LogP contribution is 2.06. The van der Waals surface area contributed by atoms with E-state index in [-0.39, 0.29) is 5.76 Å². The number of primary amides is 1. The van der Waals surface area contributed by atoms with Crippen molar-refractivity contribution in [2.24, 2.45) is 10.7 Å². The molecule has 6 nitrogen and oxygen atoms in total. The summed E-state index contributed by atoms with van der Waals surface area (Å²) < 4.78 is 5.29. The van der Waals surface area contributed by atoms with E-state index in [9.17, 15) is 4.79 Å². The van der Waals surface area contributed by atoms with Crippen molar-refractivity contribution in [3.8, 4) is 0 Å². The minimum Gasteiger partial charge on any atom is -0.454 e. The first-order valence-corrected chi connectivity index (χ1v) is 7.06. The summed E-state index contributed by atoms with van der Waals surface area (Å²) in [5.74, 6) is 0.883. The molecular formula is C16H20N4O2. The van der Waals surface area contributed by atoms with Crippen LogP contribution >= 0.6 is 0 Å². The third kappa shape index (κ3) is 4.66. The Hall–Kier alpha value is -2.76. The van der Waals surface area contributed by atoms with Crippen LogP contribution in [0.4, 0.5) is 0 Å². The Labute approximate surface area is 129 Å². The number of rotatable bonds is 6. The normalized spacial score (nSPS) is 11.2. The maximum atomic E-state index is 11.0.